The quantitative estimate of drug-likeness (QED) is 0.481. The Kier molecular flexibility index (Phi) is 5.34. The Morgan fingerprint density at radius 2 is 2.25 bits per heavy atom. The van der Waals surface area contributed by atoms with Gasteiger partial charge in [-0.25, -0.2) is 4.98 Å². The van der Waals surface area contributed by atoms with Gasteiger partial charge >= 0.3 is 0 Å². The first kappa shape index (κ1) is 16.8. The minimum Gasteiger partial charge on any atom is -0.386 e. The summed E-state index contributed by atoms with van der Waals surface area (Å²) < 4.78 is 2.63. The number of aliphatic imine (C=N–C) groups is 1. The lowest BCUT2D eigenvalue weighted by Crippen LogP contribution is -2.38. The number of fused-ring (bicyclic) bond motifs is 1. The third-order valence-corrected chi connectivity index (χ3v) is 4.79. The monoisotopic (exact) mass is 363 g/mol. The molecule has 0 aliphatic carbocycles. The van der Waals surface area contributed by atoms with E-state index in [0.29, 0.717) is 23.4 Å². The second-order valence-corrected chi connectivity index (χ2v) is 6.91. The molecule has 1 atom stereocenters. The summed E-state index contributed by atoms with van der Waals surface area (Å²) in [6.45, 7) is 0.893. The number of nitrogens with one attached hydrogen (secondary N) is 2. The zero-order chi connectivity index (χ0) is 16.9. The number of pyridine rings is 1. The molecule has 24 heavy (non-hydrogen) atoms. The molecule has 3 N–H and O–H groups in total. The maximum Gasteiger partial charge on any atom is 0.191 e. The van der Waals surface area contributed by atoms with Gasteiger partial charge in [-0.15, -0.1) is 11.3 Å². The number of aromatic nitrogens is 2. The predicted octanol–water partition coefficient (Wildman–Crippen LogP) is 2.45. The summed E-state index contributed by atoms with van der Waals surface area (Å²) in [5.41, 5.74) is 1.82. The number of guanidine groups is 1. The number of halogens is 1. The molecular formula is C16H18ClN5OS. The molecule has 6 nitrogen and oxygen atoms in total. The fraction of sp³-hybridized carbons (Fsp3) is 0.250. The van der Waals surface area contributed by atoms with E-state index in [-0.39, 0.29) is 0 Å². The Bertz CT molecular complexity index is 811. The van der Waals surface area contributed by atoms with Crippen LogP contribution in [0.5, 0.6) is 0 Å². The summed E-state index contributed by atoms with van der Waals surface area (Å²) >= 11 is 7.26. The van der Waals surface area contributed by atoms with Gasteiger partial charge in [0.05, 0.1) is 16.6 Å². The SMILES string of the molecule is CN=C(NCc1cn2ccccc2n1)NCC(O)c1ccc(Cl)s1. The highest BCUT2D eigenvalue weighted by atomic mass is 35.5. The summed E-state index contributed by atoms with van der Waals surface area (Å²) in [6.07, 6.45) is 3.30. The highest BCUT2D eigenvalue weighted by molar-refractivity contribution is 7.16. The van der Waals surface area contributed by atoms with Crippen LogP contribution in [0.15, 0.2) is 47.7 Å². The molecule has 0 amide bonds. The number of nitrogens with zero attached hydrogens (tertiary/aromatic N) is 3. The smallest absolute Gasteiger partial charge is 0.191 e. The van der Waals surface area contributed by atoms with E-state index in [9.17, 15) is 5.11 Å². The van der Waals surface area contributed by atoms with Crippen LogP contribution in [0.4, 0.5) is 0 Å². The number of aliphatic hydroxyl groups is 1. The summed E-state index contributed by atoms with van der Waals surface area (Å²) in [4.78, 5) is 9.50. The molecule has 3 aromatic rings. The Morgan fingerprint density at radius 3 is 2.96 bits per heavy atom. The highest BCUT2D eigenvalue weighted by Gasteiger charge is 2.11. The molecule has 8 heteroatoms. The molecule has 3 rings (SSSR count). The van der Waals surface area contributed by atoms with Crippen molar-refractivity contribution in [2.45, 2.75) is 12.6 Å². The number of hydrogen-bond acceptors (Lipinski definition) is 4. The number of imidazole rings is 1. The fourth-order valence-corrected chi connectivity index (χ4v) is 3.32. The molecule has 126 valence electrons. The largest absolute Gasteiger partial charge is 0.386 e. The average Bonchev–Trinajstić information content (AvgIpc) is 3.20. The van der Waals surface area contributed by atoms with Gasteiger partial charge in [0.2, 0.25) is 0 Å². The Morgan fingerprint density at radius 1 is 1.38 bits per heavy atom. The lowest BCUT2D eigenvalue weighted by atomic mass is 10.3. The fourth-order valence-electron chi connectivity index (χ4n) is 2.27. The predicted molar refractivity (Wildman–Crippen MR) is 97.7 cm³/mol. The van der Waals surface area contributed by atoms with Crippen molar-refractivity contribution in [3.8, 4) is 0 Å². The molecule has 0 aromatic carbocycles. The molecule has 3 heterocycles. The van der Waals surface area contributed by atoms with E-state index in [0.717, 1.165) is 16.2 Å². The maximum atomic E-state index is 10.1. The van der Waals surface area contributed by atoms with Crippen molar-refractivity contribution in [3.05, 3.63) is 57.6 Å². The van der Waals surface area contributed by atoms with E-state index in [2.05, 4.69) is 20.6 Å². The minimum absolute atomic E-state index is 0.349. The van der Waals surface area contributed by atoms with Crippen molar-refractivity contribution in [1.29, 1.82) is 0 Å². The third kappa shape index (κ3) is 4.05. The molecule has 0 bridgehead atoms. The number of thiophene rings is 1. The number of rotatable bonds is 5. The molecule has 0 aliphatic rings. The normalized spacial score (nSPS) is 13.2. The van der Waals surface area contributed by atoms with Gasteiger partial charge in [-0.05, 0) is 24.3 Å². The molecule has 0 saturated heterocycles. The zero-order valence-electron chi connectivity index (χ0n) is 13.1. The third-order valence-electron chi connectivity index (χ3n) is 3.46. The molecular weight excluding hydrogens is 346 g/mol. The standard InChI is InChI=1S/C16H18ClN5OS/c1-18-16(20-9-12(23)13-5-6-14(17)24-13)19-8-11-10-22-7-3-2-4-15(22)21-11/h2-7,10,12,23H,8-9H2,1H3,(H2,18,19,20). The second kappa shape index (κ2) is 7.65. The van der Waals surface area contributed by atoms with Crippen molar-refractivity contribution < 1.29 is 5.11 Å². The zero-order valence-corrected chi connectivity index (χ0v) is 14.7. The Hall–Kier alpha value is -2.09. The van der Waals surface area contributed by atoms with Crippen LogP contribution >= 0.6 is 22.9 Å². The van der Waals surface area contributed by atoms with Gasteiger partial charge in [0.25, 0.3) is 0 Å². The van der Waals surface area contributed by atoms with Crippen LogP contribution in [-0.2, 0) is 6.54 Å². The summed E-state index contributed by atoms with van der Waals surface area (Å²) in [7, 11) is 1.69. The molecule has 3 aromatic heterocycles. The molecule has 0 radical (unpaired) electrons. The van der Waals surface area contributed by atoms with Crippen molar-refractivity contribution in [3.63, 3.8) is 0 Å². The van der Waals surface area contributed by atoms with Gasteiger partial charge in [-0.3, -0.25) is 4.99 Å². The summed E-state index contributed by atoms with van der Waals surface area (Å²) in [6, 6.07) is 9.48. The number of aliphatic hydroxyl groups excluding tert-OH is 1. The first-order valence-corrected chi connectivity index (χ1v) is 8.65. The first-order chi connectivity index (χ1) is 11.7. The lowest BCUT2D eigenvalue weighted by Gasteiger charge is -2.14. The van der Waals surface area contributed by atoms with Crippen molar-refractivity contribution in [2.24, 2.45) is 4.99 Å². The van der Waals surface area contributed by atoms with E-state index in [1.54, 1.807) is 13.1 Å². The molecule has 0 fully saturated rings. The van der Waals surface area contributed by atoms with Gasteiger partial charge in [0.1, 0.15) is 11.8 Å². The van der Waals surface area contributed by atoms with E-state index < -0.39 is 6.10 Å². The molecule has 0 aliphatic heterocycles. The van der Waals surface area contributed by atoms with Crippen molar-refractivity contribution in [1.82, 2.24) is 20.0 Å². The van der Waals surface area contributed by atoms with Crippen LogP contribution < -0.4 is 10.6 Å². The summed E-state index contributed by atoms with van der Waals surface area (Å²) in [5.74, 6) is 0.605. The first-order valence-electron chi connectivity index (χ1n) is 7.46. The topological polar surface area (TPSA) is 74.0 Å². The van der Waals surface area contributed by atoms with Crippen LogP contribution in [0.3, 0.4) is 0 Å². The highest BCUT2D eigenvalue weighted by Crippen LogP contribution is 2.26. The molecule has 0 saturated carbocycles. The van der Waals surface area contributed by atoms with Crippen molar-refractivity contribution >= 4 is 34.5 Å². The summed E-state index contributed by atoms with van der Waals surface area (Å²) in [5, 5.41) is 16.4. The minimum atomic E-state index is -0.628. The Labute approximate surface area is 148 Å². The van der Waals surface area contributed by atoms with Gasteiger partial charge in [0, 0.05) is 30.9 Å². The van der Waals surface area contributed by atoms with E-state index in [4.69, 9.17) is 11.6 Å². The van der Waals surface area contributed by atoms with Gasteiger partial charge in [0.15, 0.2) is 5.96 Å². The van der Waals surface area contributed by atoms with Gasteiger partial charge < -0.3 is 20.1 Å². The lowest BCUT2D eigenvalue weighted by molar-refractivity contribution is 0.184. The maximum absolute atomic E-state index is 10.1. The Balaban J connectivity index is 1.53. The van der Waals surface area contributed by atoms with Crippen LogP contribution in [-0.4, -0.2) is 34.0 Å². The molecule has 0 spiro atoms. The van der Waals surface area contributed by atoms with Crippen molar-refractivity contribution in [2.75, 3.05) is 13.6 Å². The van der Waals surface area contributed by atoms with Crippen LogP contribution in [0, 0.1) is 0 Å². The second-order valence-electron chi connectivity index (χ2n) is 5.16. The van der Waals surface area contributed by atoms with Gasteiger partial charge in [-0.2, -0.15) is 0 Å². The van der Waals surface area contributed by atoms with Crippen LogP contribution in [0.25, 0.3) is 5.65 Å². The van der Waals surface area contributed by atoms with E-state index in [1.165, 1.54) is 11.3 Å². The van der Waals surface area contributed by atoms with Gasteiger partial charge in [-0.1, -0.05) is 17.7 Å². The van der Waals surface area contributed by atoms with Crippen LogP contribution in [0.1, 0.15) is 16.7 Å². The van der Waals surface area contributed by atoms with Crippen LogP contribution in [0.2, 0.25) is 4.34 Å². The van der Waals surface area contributed by atoms with E-state index in [1.807, 2.05) is 41.1 Å². The molecule has 1 unspecified atom stereocenters. The average molecular weight is 364 g/mol. The van der Waals surface area contributed by atoms with E-state index >= 15 is 0 Å². The number of hydrogen-bond donors (Lipinski definition) is 3.